The topological polar surface area (TPSA) is 48.1 Å². The van der Waals surface area contributed by atoms with Gasteiger partial charge in [0.25, 0.3) is 0 Å². The number of nitrogens with zero attached hydrogens (tertiary/aromatic N) is 1. The van der Waals surface area contributed by atoms with Crippen molar-refractivity contribution in [1.82, 2.24) is 4.98 Å². The highest BCUT2D eigenvalue weighted by atomic mass is 16.5. The van der Waals surface area contributed by atoms with Gasteiger partial charge in [0.15, 0.2) is 0 Å². The van der Waals surface area contributed by atoms with Gasteiger partial charge in [-0.1, -0.05) is 24.3 Å². The second-order valence-corrected chi connectivity index (χ2v) is 3.97. The zero-order valence-electron chi connectivity index (χ0n) is 9.71. The fraction of sp³-hybridized carbons (Fsp3) is 0. The number of nitrogen functional groups attached to an aromatic ring is 1. The van der Waals surface area contributed by atoms with Crippen LogP contribution in [0.5, 0.6) is 11.5 Å². The number of nitrogens with two attached hydrogens (primary N) is 1. The number of fused-ring (bicyclic) bond motifs is 1. The van der Waals surface area contributed by atoms with Crippen molar-refractivity contribution in [2.75, 3.05) is 5.73 Å². The van der Waals surface area contributed by atoms with E-state index in [0.29, 0.717) is 5.69 Å². The van der Waals surface area contributed by atoms with E-state index in [1.54, 1.807) is 6.20 Å². The predicted molar refractivity (Wildman–Crippen MR) is 72.7 cm³/mol. The van der Waals surface area contributed by atoms with Crippen LogP contribution >= 0.6 is 0 Å². The van der Waals surface area contributed by atoms with Crippen LogP contribution < -0.4 is 10.5 Å². The smallest absolute Gasteiger partial charge is 0.138 e. The molecule has 0 atom stereocenters. The molecule has 3 nitrogen and oxygen atoms in total. The van der Waals surface area contributed by atoms with Crippen LogP contribution in [0.3, 0.4) is 0 Å². The van der Waals surface area contributed by atoms with Crippen molar-refractivity contribution < 1.29 is 4.74 Å². The summed E-state index contributed by atoms with van der Waals surface area (Å²) in [6, 6.07) is 17.2. The second kappa shape index (κ2) is 4.37. The Morgan fingerprint density at radius 3 is 2.56 bits per heavy atom. The molecule has 0 unspecified atom stereocenters. The second-order valence-electron chi connectivity index (χ2n) is 3.97. The van der Waals surface area contributed by atoms with E-state index < -0.39 is 0 Å². The van der Waals surface area contributed by atoms with E-state index in [-0.39, 0.29) is 0 Å². The van der Waals surface area contributed by atoms with Crippen molar-refractivity contribution in [3.05, 3.63) is 60.8 Å². The summed E-state index contributed by atoms with van der Waals surface area (Å²) >= 11 is 0. The fourth-order valence-electron chi connectivity index (χ4n) is 1.88. The molecular formula is C15H12N2O. The summed E-state index contributed by atoms with van der Waals surface area (Å²) in [7, 11) is 0. The van der Waals surface area contributed by atoms with Gasteiger partial charge in [-0.05, 0) is 30.3 Å². The fourth-order valence-corrected chi connectivity index (χ4v) is 1.88. The van der Waals surface area contributed by atoms with Gasteiger partial charge < -0.3 is 10.5 Å². The average molecular weight is 236 g/mol. The minimum atomic E-state index is 0.658. The van der Waals surface area contributed by atoms with Crippen LogP contribution in [-0.4, -0.2) is 4.98 Å². The number of pyridine rings is 1. The third kappa shape index (κ3) is 1.86. The Kier molecular flexibility index (Phi) is 2.57. The van der Waals surface area contributed by atoms with Gasteiger partial charge in [-0.2, -0.15) is 0 Å². The molecule has 0 saturated heterocycles. The maximum Gasteiger partial charge on any atom is 0.138 e. The zero-order valence-corrected chi connectivity index (χ0v) is 9.71. The van der Waals surface area contributed by atoms with Crippen molar-refractivity contribution in [3.63, 3.8) is 0 Å². The normalized spacial score (nSPS) is 10.4. The molecule has 0 amide bonds. The molecule has 0 fully saturated rings. The predicted octanol–water partition coefficient (Wildman–Crippen LogP) is 3.61. The average Bonchev–Trinajstić information content (AvgIpc) is 2.41. The van der Waals surface area contributed by atoms with E-state index in [1.165, 1.54) is 0 Å². The highest BCUT2D eigenvalue weighted by Gasteiger charge is 2.05. The summed E-state index contributed by atoms with van der Waals surface area (Å²) in [5.74, 6) is 1.56. The molecular weight excluding hydrogens is 224 g/mol. The molecule has 0 aliphatic carbocycles. The molecule has 1 aromatic heterocycles. The Morgan fingerprint density at radius 2 is 1.72 bits per heavy atom. The number of aromatic nitrogens is 1. The molecule has 3 rings (SSSR count). The molecule has 0 bridgehead atoms. The van der Waals surface area contributed by atoms with E-state index in [1.807, 2.05) is 54.6 Å². The van der Waals surface area contributed by atoms with Crippen LogP contribution in [0.4, 0.5) is 5.69 Å². The molecule has 0 saturated carbocycles. The highest BCUT2D eigenvalue weighted by molar-refractivity contribution is 5.93. The van der Waals surface area contributed by atoms with E-state index in [9.17, 15) is 0 Å². The van der Waals surface area contributed by atoms with E-state index >= 15 is 0 Å². The van der Waals surface area contributed by atoms with Crippen LogP contribution in [-0.2, 0) is 0 Å². The van der Waals surface area contributed by atoms with Crippen LogP contribution in [0.25, 0.3) is 10.9 Å². The van der Waals surface area contributed by atoms with E-state index in [0.717, 1.165) is 22.4 Å². The van der Waals surface area contributed by atoms with Crippen LogP contribution in [0.15, 0.2) is 60.8 Å². The lowest BCUT2D eigenvalue weighted by molar-refractivity contribution is 0.488. The first-order chi connectivity index (χ1) is 8.84. The molecule has 0 radical (unpaired) electrons. The quantitative estimate of drug-likeness (QED) is 0.691. The van der Waals surface area contributed by atoms with Gasteiger partial charge >= 0.3 is 0 Å². The monoisotopic (exact) mass is 236 g/mol. The lowest BCUT2D eigenvalue weighted by Crippen LogP contribution is -1.91. The lowest BCUT2D eigenvalue weighted by atomic mass is 10.2. The Bertz CT molecular complexity index is 680. The van der Waals surface area contributed by atoms with Crippen LogP contribution in [0.1, 0.15) is 0 Å². The van der Waals surface area contributed by atoms with Gasteiger partial charge in [-0.3, -0.25) is 4.98 Å². The molecule has 18 heavy (non-hydrogen) atoms. The number of anilines is 1. The summed E-state index contributed by atoms with van der Waals surface area (Å²) in [4.78, 5) is 4.28. The van der Waals surface area contributed by atoms with Gasteiger partial charge in [-0.15, -0.1) is 0 Å². The number of benzene rings is 2. The Morgan fingerprint density at radius 1 is 0.889 bits per heavy atom. The molecule has 2 aromatic carbocycles. The summed E-state index contributed by atoms with van der Waals surface area (Å²) in [6.45, 7) is 0. The summed E-state index contributed by atoms with van der Waals surface area (Å²) in [5, 5.41) is 0.918. The zero-order chi connectivity index (χ0) is 12.4. The van der Waals surface area contributed by atoms with Gasteiger partial charge in [0, 0.05) is 11.6 Å². The maximum atomic E-state index is 5.90. The first-order valence-electron chi connectivity index (χ1n) is 5.71. The number of ether oxygens (including phenoxy) is 1. The first-order valence-corrected chi connectivity index (χ1v) is 5.71. The third-order valence-electron chi connectivity index (χ3n) is 2.73. The first kappa shape index (κ1) is 10.6. The van der Waals surface area contributed by atoms with Crippen molar-refractivity contribution in [2.45, 2.75) is 0 Å². The number of rotatable bonds is 2. The summed E-state index contributed by atoms with van der Waals surface area (Å²) in [6.07, 6.45) is 1.71. The third-order valence-corrected chi connectivity index (χ3v) is 2.73. The molecule has 88 valence electrons. The van der Waals surface area contributed by atoms with Crippen molar-refractivity contribution in [3.8, 4) is 11.5 Å². The minimum Gasteiger partial charge on any atom is -0.457 e. The van der Waals surface area contributed by atoms with E-state index in [4.69, 9.17) is 10.5 Å². The van der Waals surface area contributed by atoms with Crippen LogP contribution in [0, 0.1) is 0 Å². The van der Waals surface area contributed by atoms with Gasteiger partial charge in [0.2, 0.25) is 0 Å². The molecule has 2 N–H and O–H groups in total. The Hall–Kier alpha value is -2.55. The van der Waals surface area contributed by atoms with Gasteiger partial charge in [-0.25, -0.2) is 0 Å². The number of para-hydroxylation sites is 2. The van der Waals surface area contributed by atoms with Gasteiger partial charge in [0.1, 0.15) is 11.5 Å². The number of hydrogen-bond acceptors (Lipinski definition) is 3. The molecule has 0 aliphatic rings. The highest BCUT2D eigenvalue weighted by Crippen LogP contribution is 2.30. The molecule has 0 spiro atoms. The standard InChI is InChI=1S/C15H12N2O/c16-13-8-4-7-12-14(9-10-17-15(12)13)18-11-5-2-1-3-6-11/h1-10H,16H2. The molecule has 1 heterocycles. The Balaban J connectivity index is 2.10. The summed E-state index contributed by atoms with van der Waals surface area (Å²) < 4.78 is 5.85. The molecule has 3 heteroatoms. The largest absolute Gasteiger partial charge is 0.457 e. The van der Waals surface area contributed by atoms with Crippen molar-refractivity contribution in [2.24, 2.45) is 0 Å². The van der Waals surface area contributed by atoms with E-state index in [2.05, 4.69) is 4.98 Å². The van der Waals surface area contributed by atoms with Crippen molar-refractivity contribution >= 4 is 16.6 Å². The SMILES string of the molecule is Nc1cccc2c(Oc3ccccc3)ccnc12. The van der Waals surface area contributed by atoms with Gasteiger partial charge in [0.05, 0.1) is 11.2 Å². The van der Waals surface area contributed by atoms with Crippen LogP contribution in [0.2, 0.25) is 0 Å². The summed E-state index contributed by atoms with van der Waals surface area (Å²) in [5.41, 5.74) is 7.33. The maximum absolute atomic E-state index is 5.90. The molecule has 3 aromatic rings. The van der Waals surface area contributed by atoms with Crippen molar-refractivity contribution in [1.29, 1.82) is 0 Å². The number of hydrogen-bond donors (Lipinski definition) is 1. The molecule has 0 aliphatic heterocycles. The lowest BCUT2D eigenvalue weighted by Gasteiger charge is -2.09. The minimum absolute atomic E-state index is 0.658. The Labute approximate surface area is 105 Å².